The van der Waals surface area contributed by atoms with E-state index in [4.69, 9.17) is 14.7 Å². The molecule has 0 bridgehead atoms. The molecule has 172 valence electrons. The quantitative estimate of drug-likeness (QED) is 0.452. The molecule has 2 aromatic carbocycles. The van der Waals surface area contributed by atoms with Gasteiger partial charge in [0.2, 0.25) is 0 Å². The summed E-state index contributed by atoms with van der Waals surface area (Å²) in [7, 11) is 1.86. The molecule has 34 heavy (non-hydrogen) atoms. The summed E-state index contributed by atoms with van der Waals surface area (Å²) in [5.41, 5.74) is 3.84. The molecule has 3 heterocycles. The normalized spacial score (nSPS) is 13.6. The first kappa shape index (κ1) is 21.8. The van der Waals surface area contributed by atoms with Crippen LogP contribution in [0.15, 0.2) is 67.0 Å². The van der Waals surface area contributed by atoms with Gasteiger partial charge in [0.05, 0.1) is 5.52 Å². The monoisotopic (exact) mass is 453 g/mol. The van der Waals surface area contributed by atoms with Crippen LogP contribution in [-0.4, -0.2) is 52.5 Å². The van der Waals surface area contributed by atoms with Crippen molar-refractivity contribution in [2.75, 3.05) is 32.1 Å². The molecule has 1 fully saturated rings. The molecule has 1 amide bonds. The molecule has 0 spiro atoms. The minimum Gasteiger partial charge on any atom is -0.484 e. The molecule has 5 rings (SSSR count). The molecule has 1 aliphatic heterocycles. The third-order valence-electron chi connectivity index (χ3n) is 6.11. The first-order valence-corrected chi connectivity index (χ1v) is 11.6. The number of rotatable bonds is 6. The van der Waals surface area contributed by atoms with E-state index in [0.29, 0.717) is 11.6 Å². The maximum absolute atomic E-state index is 12.3. The van der Waals surface area contributed by atoms with Crippen LogP contribution in [0, 0.1) is 0 Å². The molecular formula is C27H27N5O2. The molecular weight excluding hydrogens is 426 g/mol. The van der Waals surface area contributed by atoms with E-state index in [9.17, 15) is 4.79 Å². The Bertz CT molecular complexity index is 1290. The van der Waals surface area contributed by atoms with Gasteiger partial charge in [0.1, 0.15) is 11.6 Å². The van der Waals surface area contributed by atoms with Gasteiger partial charge in [-0.25, -0.2) is 9.97 Å². The molecule has 2 aromatic heterocycles. The van der Waals surface area contributed by atoms with Crippen molar-refractivity contribution in [2.45, 2.75) is 19.3 Å². The SMILES string of the molecule is CNc1nc(-c2cccnc2)nc2ccc(-c3ccc(OCC(=O)N4CCCCC4)cc3)cc12. The highest BCUT2D eigenvalue weighted by Crippen LogP contribution is 2.30. The smallest absolute Gasteiger partial charge is 0.260 e. The van der Waals surface area contributed by atoms with Crippen LogP contribution in [0.1, 0.15) is 19.3 Å². The first-order chi connectivity index (χ1) is 16.7. The number of fused-ring (bicyclic) bond motifs is 1. The van der Waals surface area contributed by atoms with Gasteiger partial charge in [0.15, 0.2) is 12.4 Å². The van der Waals surface area contributed by atoms with E-state index in [2.05, 4.69) is 22.4 Å². The number of hydrogen-bond donors (Lipinski definition) is 1. The van der Waals surface area contributed by atoms with Crippen LogP contribution in [0.2, 0.25) is 0 Å². The highest BCUT2D eigenvalue weighted by atomic mass is 16.5. The summed E-state index contributed by atoms with van der Waals surface area (Å²) in [6, 6.07) is 17.8. The van der Waals surface area contributed by atoms with Gasteiger partial charge >= 0.3 is 0 Å². The van der Waals surface area contributed by atoms with E-state index in [-0.39, 0.29) is 12.5 Å². The second-order valence-corrected chi connectivity index (χ2v) is 8.37. The van der Waals surface area contributed by atoms with Crippen molar-refractivity contribution < 1.29 is 9.53 Å². The third-order valence-corrected chi connectivity index (χ3v) is 6.11. The first-order valence-electron chi connectivity index (χ1n) is 11.6. The molecule has 0 radical (unpaired) electrons. The largest absolute Gasteiger partial charge is 0.484 e. The molecule has 1 saturated heterocycles. The van der Waals surface area contributed by atoms with Crippen LogP contribution >= 0.6 is 0 Å². The molecule has 0 saturated carbocycles. The number of likely N-dealkylation sites (tertiary alicyclic amines) is 1. The van der Waals surface area contributed by atoms with E-state index in [1.807, 2.05) is 54.4 Å². The van der Waals surface area contributed by atoms with E-state index in [0.717, 1.165) is 59.3 Å². The van der Waals surface area contributed by atoms with Gasteiger partial charge in [-0.05, 0) is 66.8 Å². The van der Waals surface area contributed by atoms with E-state index in [1.54, 1.807) is 12.4 Å². The number of ether oxygens (including phenoxy) is 1. The van der Waals surface area contributed by atoms with Crippen molar-refractivity contribution >= 4 is 22.6 Å². The minimum absolute atomic E-state index is 0.0588. The third kappa shape index (κ3) is 4.69. The molecule has 7 nitrogen and oxygen atoms in total. The van der Waals surface area contributed by atoms with E-state index >= 15 is 0 Å². The van der Waals surface area contributed by atoms with Crippen molar-refractivity contribution in [2.24, 2.45) is 0 Å². The molecule has 7 heteroatoms. The summed E-state index contributed by atoms with van der Waals surface area (Å²) >= 11 is 0. The number of hydrogen-bond acceptors (Lipinski definition) is 6. The topological polar surface area (TPSA) is 80.2 Å². The van der Waals surface area contributed by atoms with Crippen LogP contribution in [-0.2, 0) is 4.79 Å². The fraction of sp³-hybridized carbons (Fsp3) is 0.259. The lowest BCUT2D eigenvalue weighted by Crippen LogP contribution is -2.38. The number of carbonyl (C=O) groups excluding carboxylic acids is 1. The lowest BCUT2D eigenvalue weighted by Gasteiger charge is -2.26. The van der Waals surface area contributed by atoms with Gasteiger partial charge in [-0.2, -0.15) is 0 Å². The molecule has 1 aliphatic rings. The van der Waals surface area contributed by atoms with Crippen LogP contribution in [0.3, 0.4) is 0 Å². The number of benzene rings is 2. The zero-order valence-electron chi connectivity index (χ0n) is 19.2. The fourth-order valence-corrected chi connectivity index (χ4v) is 4.25. The van der Waals surface area contributed by atoms with Crippen molar-refractivity contribution in [1.29, 1.82) is 0 Å². The van der Waals surface area contributed by atoms with E-state index < -0.39 is 0 Å². The molecule has 0 atom stereocenters. The molecule has 0 aliphatic carbocycles. The Morgan fingerprint density at radius 3 is 2.50 bits per heavy atom. The Balaban J connectivity index is 1.34. The summed E-state index contributed by atoms with van der Waals surface area (Å²) < 4.78 is 5.75. The number of pyridine rings is 1. The number of aromatic nitrogens is 3. The van der Waals surface area contributed by atoms with Crippen molar-refractivity contribution in [3.05, 3.63) is 67.0 Å². The van der Waals surface area contributed by atoms with Crippen LogP contribution < -0.4 is 10.1 Å². The number of nitrogens with zero attached hydrogens (tertiary/aromatic N) is 4. The lowest BCUT2D eigenvalue weighted by molar-refractivity contribution is -0.134. The van der Waals surface area contributed by atoms with Gasteiger partial charge < -0.3 is 15.0 Å². The average Bonchev–Trinajstić information content (AvgIpc) is 2.92. The Morgan fingerprint density at radius 2 is 1.76 bits per heavy atom. The maximum Gasteiger partial charge on any atom is 0.260 e. The number of anilines is 1. The zero-order valence-corrected chi connectivity index (χ0v) is 19.2. The highest BCUT2D eigenvalue weighted by molar-refractivity contribution is 5.93. The van der Waals surface area contributed by atoms with Crippen molar-refractivity contribution in [1.82, 2.24) is 19.9 Å². The highest BCUT2D eigenvalue weighted by Gasteiger charge is 2.17. The van der Waals surface area contributed by atoms with Crippen molar-refractivity contribution in [3.8, 4) is 28.3 Å². The molecule has 4 aromatic rings. The standard InChI is InChI=1S/C27H27N5O2/c1-28-27-23-16-20(9-12-24(23)30-26(31-27)21-6-5-13-29-17-21)19-7-10-22(11-8-19)34-18-25(33)32-14-3-2-4-15-32/h5-13,16-17H,2-4,14-15,18H2,1H3,(H,28,30,31). The second kappa shape index (κ2) is 9.87. The van der Waals surface area contributed by atoms with Gasteiger partial charge in [0.25, 0.3) is 5.91 Å². The zero-order chi connectivity index (χ0) is 23.3. The minimum atomic E-state index is 0.0588. The van der Waals surface area contributed by atoms with Gasteiger partial charge in [-0.1, -0.05) is 18.2 Å². The summed E-state index contributed by atoms with van der Waals surface area (Å²) in [4.78, 5) is 27.8. The predicted octanol–water partition coefficient (Wildman–Crippen LogP) is 4.79. The molecule has 0 unspecified atom stereocenters. The Kier molecular flexibility index (Phi) is 6.33. The summed E-state index contributed by atoms with van der Waals surface area (Å²) in [6.45, 7) is 1.76. The van der Waals surface area contributed by atoms with Gasteiger partial charge in [0, 0.05) is 43.5 Å². The fourth-order valence-electron chi connectivity index (χ4n) is 4.25. The van der Waals surface area contributed by atoms with Crippen LogP contribution in [0.4, 0.5) is 5.82 Å². The Labute approximate surface area is 198 Å². The van der Waals surface area contributed by atoms with Gasteiger partial charge in [-0.15, -0.1) is 0 Å². The Morgan fingerprint density at radius 1 is 0.971 bits per heavy atom. The van der Waals surface area contributed by atoms with Crippen LogP contribution in [0.5, 0.6) is 5.75 Å². The second-order valence-electron chi connectivity index (χ2n) is 8.37. The Hall–Kier alpha value is -4.00. The summed E-state index contributed by atoms with van der Waals surface area (Å²) in [5, 5.41) is 4.14. The van der Waals surface area contributed by atoms with Crippen LogP contribution in [0.25, 0.3) is 33.4 Å². The maximum atomic E-state index is 12.3. The number of amides is 1. The number of piperidine rings is 1. The predicted molar refractivity (Wildman–Crippen MR) is 134 cm³/mol. The number of nitrogens with one attached hydrogen (secondary N) is 1. The van der Waals surface area contributed by atoms with Gasteiger partial charge in [-0.3, -0.25) is 9.78 Å². The summed E-state index contributed by atoms with van der Waals surface area (Å²) in [6.07, 6.45) is 6.86. The number of carbonyl (C=O) groups is 1. The average molecular weight is 454 g/mol. The molecule has 1 N–H and O–H groups in total. The lowest BCUT2D eigenvalue weighted by atomic mass is 10.0. The van der Waals surface area contributed by atoms with Crippen molar-refractivity contribution in [3.63, 3.8) is 0 Å². The van der Waals surface area contributed by atoms with E-state index in [1.165, 1.54) is 6.42 Å². The summed E-state index contributed by atoms with van der Waals surface area (Å²) in [5.74, 6) is 2.15.